The number of ether oxygens (including phenoxy) is 1. The molecule has 1 aliphatic rings. The molecule has 28 heavy (non-hydrogen) atoms. The summed E-state index contributed by atoms with van der Waals surface area (Å²) in [4.78, 5) is 18.5. The lowest BCUT2D eigenvalue weighted by atomic mass is 9.93. The molecule has 0 radical (unpaired) electrons. The van der Waals surface area contributed by atoms with Gasteiger partial charge in [-0.05, 0) is 30.0 Å². The quantitative estimate of drug-likeness (QED) is 0.600. The number of aromatic nitrogens is 1. The molecule has 2 aromatic heterocycles. The lowest BCUT2D eigenvalue weighted by Crippen LogP contribution is -2.27. The minimum Gasteiger partial charge on any atom is -0.452 e. The van der Waals surface area contributed by atoms with Crippen molar-refractivity contribution in [2.45, 2.75) is 39.2 Å². The summed E-state index contributed by atoms with van der Waals surface area (Å²) in [5.41, 5.74) is 1.73. The molecule has 5 nitrogen and oxygen atoms in total. The minimum absolute atomic E-state index is 0.00839. The summed E-state index contributed by atoms with van der Waals surface area (Å²) in [5, 5.41) is 1.44. The molecule has 0 N–H and O–H groups in total. The standard InChI is InChI=1S/C21H22F2N2O3/c1-12(2)6-8-25-11-13(9-18(25)26)14-3-4-17(28-21(22)23)20-19(14)15-10-24-7-5-16(15)27-20/h3-5,7,10,12-13,21H,6,8-9,11H2,1-2H3. The number of furan rings is 1. The molecule has 0 spiro atoms. The summed E-state index contributed by atoms with van der Waals surface area (Å²) in [6.45, 7) is 2.67. The fraction of sp³-hybridized carbons (Fsp3) is 0.429. The van der Waals surface area contributed by atoms with Crippen LogP contribution >= 0.6 is 0 Å². The molecule has 1 aromatic carbocycles. The highest BCUT2D eigenvalue weighted by atomic mass is 19.3. The van der Waals surface area contributed by atoms with Crippen LogP contribution in [-0.2, 0) is 4.79 Å². The van der Waals surface area contributed by atoms with E-state index in [9.17, 15) is 13.6 Å². The molecular weight excluding hydrogens is 366 g/mol. The van der Waals surface area contributed by atoms with E-state index in [1.54, 1.807) is 24.5 Å². The van der Waals surface area contributed by atoms with Crippen molar-refractivity contribution in [3.63, 3.8) is 0 Å². The molecule has 1 amide bonds. The lowest BCUT2D eigenvalue weighted by Gasteiger charge is -2.18. The number of carbonyl (C=O) groups excluding carboxylic acids is 1. The van der Waals surface area contributed by atoms with E-state index in [-0.39, 0.29) is 23.2 Å². The Morgan fingerprint density at radius 3 is 2.89 bits per heavy atom. The van der Waals surface area contributed by atoms with Crippen molar-refractivity contribution in [2.75, 3.05) is 13.1 Å². The van der Waals surface area contributed by atoms with E-state index in [2.05, 4.69) is 23.6 Å². The monoisotopic (exact) mass is 388 g/mol. The van der Waals surface area contributed by atoms with Crippen molar-refractivity contribution >= 4 is 27.8 Å². The number of rotatable bonds is 6. The van der Waals surface area contributed by atoms with Crippen LogP contribution in [0.1, 0.15) is 38.2 Å². The maximum absolute atomic E-state index is 12.8. The molecule has 0 aliphatic carbocycles. The van der Waals surface area contributed by atoms with Gasteiger partial charge in [0.25, 0.3) is 0 Å². The predicted octanol–water partition coefficient (Wildman–Crippen LogP) is 4.94. The van der Waals surface area contributed by atoms with Gasteiger partial charge in [0.2, 0.25) is 5.91 Å². The van der Waals surface area contributed by atoms with Crippen LogP contribution < -0.4 is 4.74 Å². The van der Waals surface area contributed by atoms with Crippen LogP contribution in [-0.4, -0.2) is 35.5 Å². The Morgan fingerprint density at radius 2 is 2.14 bits per heavy atom. The second-order valence-corrected chi connectivity index (χ2v) is 7.63. The van der Waals surface area contributed by atoms with Crippen LogP contribution in [0.5, 0.6) is 5.75 Å². The zero-order valence-electron chi connectivity index (χ0n) is 15.8. The van der Waals surface area contributed by atoms with E-state index < -0.39 is 6.61 Å². The zero-order chi connectivity index (χ0) is 19.8. The number of pyridine rings is 1. The Labute approximate surface area is 161 Å². The molecule has 1 fully saturated rings. The van der Waals surface area contributed by atoms with Gasteiger partial charge in [-0.15, -0.1) is 0 Å². The largest absolute Gasteiger partial charge is 0.452 e. The Bertz CT molecular complexity index is 1020. The summed E-state index contributed by atoms with van der Waals surface area (Å²) in [5.74, 6) is 0.612. The van der Waals surface area contributed by atoms with Gasteiger partial charge >= 0.3 is 6.61 Å². The van der Waals surface area contributed by atoms with E-state index in [4.69, 9.17) is 4.42 Å². The van der Waals surface area contributed by atoms with Crippen LogP contribution in [0.4, 0.5) is 8.78 Å². The second-order valence-electron chi connectivity index (χ2n) is 7.63. The highest BCUT2D eigenvalue weighted by Gasteiger charge is 2.33. The van der Waals surface area contributed by atoms with Crippen LogP contribution in [0.2, 0.25) is 0 Å². The van der Waals surface area contributed by atoms with Gasteiger partial charge < -0.3 is 14.1 Å². The smallest absolute Gasteiger partial charge is 0.387 e. The molecular formula is C21H22F2N2O3. The van der Waals surface area contributed by atoms with Crippen molar-refractivity contribution in [2.24, 2.45) is 5.92 Å². The van der Waals surface area contributed by atoms with Crippen molar-refractivity contribution in [1.82, 2.24) is 9.88 Å². The summed E-state index contributed by atoms with van der Waals surface area (Å²) < 4.78 is 36.1. The summed E-state index contributed by atoms with van der Waals surface area (Å²) >= 11 is 0. The first-order valence-electron chi connectivity index (χ1n) is 9.45. The molecule has 1 aliphatic heterocycles. The molecule has 3 aromatic rings. The number of amides is 1. The Hall–Kier alpha value is -2.70. The molecule has 3 heterocycles. The first-order chi connectivity index (χ1) is 13.4. The van der Waals surface area contributed by atoms with Gasteiger partial charge in [0, 0.05) is 48.6 Å². The average molecular weight is 388 g/mol. The number of benzene rings is 1. The normalized spacial score (nSPS) is 17.6. The van der Waals surface area contributed by atoms with Gasteiger partial charge in [-0.2, -0.15) is 8.78 Å². The van der Waals surface area contributed by atoms with Crippen molar-refractivity contribution < 1.29 is 22.7 Å². The topological polar surface area (TPSA) is 55.6 Å². The first kappa shape index (κ1) is 18.7. The van der Waals surface area contributed by atoms with E-state index in [1.165, 1.54) is 6.07 Å². The molecule has 1 atom stereocenters. The highest BCUT2D eigenvalue weighted by Crippen LogP contribution is 2.42. The fourth-order valence-electron chi connectivity index (χ4n) is 3.87. The number of likely N-dealkylation sites (tertiary alicyclic amines) is 1. The number of carbonyl (C=O) groups is 1. The van der Waals surface area contributed by atoms with Gasteiger partial charge in [-0.25, -0.2) is 0 Å². The van der Waals surface area contributed by atoms with Crippen molar-refractivity contribution in [3.8, 4) is 5.75 Å². The summed E-state index contributed by atoms with van der Waals surface area (Å²) in [7, 11) is 0. The SMILES string of the molecule is CC(C)CCN1CC(c2ccc(OC(F)F)c3oc4ccncc4c23)CC1=O. The third-order valence-corrected chi connectivity index (χ3v) is 5.26. The van der Waals surface area contributed by atoms with Crippen LogP contribution in [0.3, 0.4) is 0 Å². The van der Waals surface area contributed by atoms with Crippen molar-refractivity contribution in [1.29, 1.82) is 0 Å². The van der Waals surface area contributed by atoms with Crippen LogP contribution in [0.25, 0.3) is 21.9 Å². The zero-order valence-corrected chi connectivity index (χ0v) is 15.8. The second kappa shape index (κ2) is 7.37. The molecule has 1 unspecified atom stereocenters. The molecule has 148 valence electrons. The van der Waals surface area contributed by atoms with Gasteiger partial charge in [0.15, 0.2) is 11.3 Å². The van der Waals surface area contributed by atoms with Gasteiger partial charge in [-0.3, -0.25) is 9.78 Å². The number of fused-ring (bicyclic) bond motifs is 3. The van der Waals surface area contributed by atoms with Gasteiger partial charge in [0.05, 0.1) is 0 Å². The predicted molar refractivity (Wildman–Crippen MR) is 102 cm³/mol. The fourth-order valence-corrected chi connectivity index (χ4v) is 3.87. The molecule has 0 saturated carbocycles. The Balaban J connectivity index is 1.76. The molecule has 0 bridgehead atoms. The first-order valence-corrected chi connectivity index (χ1v) is 9.45. The van der Waals surface area contributed by atoms with Crippen molar-refractivity contribution in [3.05, 3.63) is 36.2 Å². The number of hydrogen-bond donors (Lipinski definition) is 0. The Morgan fingerprint density at radius 1 is 1.32 bits per heavy atom. The van der Waals surface area contributed by atoms with E-state index in [1.807, 2.05) is 4.90 Å². The van der Waals surface area contributed by atoms with E-state index >= 15 is 0 Å². The lowest BCUT2D eigenvalue weighted by molar-refractivity contribution is -0.127. The highest BCUT2D eigenvalue weighted by molar-refractivity contribution is 6.08. The number of alkyl halides is 2. The van der Waals surface area contributed by atoms with E-state index in [0.29, 0.717) is 29.9 Å². The molecule has 7 heteroatoms. The van der Waals surface area contributed by atoms with Crippen LogP contribution in [0.15, 0.2) is 35.0 Å². The number of nitrogens with zero attached hydrogens (tertiary/aromatic N) is 2. The van der Waals surface area contributed by atoms with E-state index in [0.717, 1.165) is 23.9 Å². The Kier molecular flexibility index (Phi) is 4.91. The number of halogens is 2. The van der Waals surface area contributed by atoms with Gasteiger partial charge in [-0.1, -0.05) is 19.9 Å². The third-order valence-electron chi connectivity index (χ3n) is 5.26. The summed E-state index contributed by atoms with van der Waals surface area (Å²) in [6, 6.07) is 4.97. The molecule has 4 rings (SSSR count). The maximum atomic E-state index is 12.8. The third kappa shape index (κ3) is 3.41. The van der Waals surface area contributed by atoms with Gasteiger partial charge in [0.1, 0.15) is 5.58 Å². The molecule has 1 saturated heterocycles. The maximum Gasteiger partial charge on any atom is 0.387 e. The average Bonchev–Trinajstić information content (AvgIpc) is 3.21. The number of hydrogen-bond acceptors (Lipinski definition) is 4. The van der Waals surface area contributed by atoms with Crippen LogP contribution in [0, 0.1) is 5.92 Å². The minimum atomic E-state index is -2.94. The summed E-state index contributed by atoms with van der Waals surface area (Å²) in [6.07, 6.45) is 4.59.